The number of anilines is 1. The number of fused-ring (bicyclic) bond motifs is 1. The third-order valence-electron chi connectivity index (χ3n) is 4.17. The zero-order valence-corrected chi connectivity index (χ0v) is 17.8. The molecule has 0 saturated heterocycles. The van der Waals surface area contributed by atoms with Crippen LogP contribution in [0.1, 0.15) is 15.9 Å². The van der Waals surface area contributed by atoms with Crippen molar-refractivity contribution in [2.24, 2.45) is 0 Å². The largest absolute Gasteiger partial charge is 0.486 e. The van der Waals surface area contributed by atoms with Gasteiger partial charge in [0.2, 0.25) is 0 Å². The van der Waals surface area contributed by atoms with Gasteiger partial charge in [0.05, 0.1) is 26.0 Å². The summed E-state index contributed by atoms with van der Waals surface area (Å²) >= 11 is 3.34. The van der Waals surface area contributed by atoms with Gasteiger partial charge in [-0.25, -0.2) is 9.59 Å². The van der Waals surface area contributed by atoms with Crippen LogP contribution in [0.15, 0.2) is 52.6 Å². The van der Waals surface area contributed by atoms with Crippen molar-refractivity contribution in [2.75, 3.05) is 32.8 Å². The Morgan fingerprint density at radius 1 is 1.00 bits per heavy atom. The summed E-state index contributed by atoms with van der Waals surface area (Å²) in [7, 11) is 2.35. The van der Waals surface area contributed by atoms with Gasteiger partial charge >= 0.3 is 11.9 Å². The number of ketones is 1. The SMILES string of the molecule is COC(=O)/C=C(/Nc1cc2c(cc1C(=O)c1ccc(Br)cc1)OCCO2)C(=O)OC. The molecule has 0 fully saturated rings. The van der Waals surface area contributed by atoms with Crippen LogP contribution < -0.4 is 14.8 Å². The lowest BCUT2D eigenvalue weighted by Crippen LogP contribution is -2.19. The lowest BCUT2D eigenvalue weighted by Gasteiger charge is -2.21. The Balaban J connectivity index is 2.08. The van der Waals surface area contributed by atoms with Crippen LogP contribution in [0, 0.1) is 0 Å². The van der Waals surface area contributed by atoms with E-state index in [0.717, 1.165) is 10.5 Å². The third-order valence-corrected chi connectivity index (χ3v) is 4.70. The smallest absolute Gasteiger partial charge is 0.354 e. The highest BCUT2D eigenvalue weighted by Crippen LogP contribution is 2.37. The zero-order chi connectivity index (χ0) is 21.7. The molecule has 8 nitrogen and oxygen atoms in total. The Labute approximate surface area is 180 Å². The van der Waals surface area contributed by atoms with Crippen molar-refractivity contribution < 1.29 is 33.3 Å². The second kappa shape index (κ2) is 9.45. The predicted octanol–water partition coefficient (Wildman–Crippen LogP) is 3.09. The van der Waals surface area contributed by atoms with Crippen LogP contribution >= 0.6 is 15.9 Å². The van der Waals surface area contributed by atoms with Crippen molar-refractivity contribution in [1.82, 2.24) is 0 Å². The zero-order valence-electron chi connectivity index (χ0n) is 16.2. The Morgan fingerprint density at radius 2 is 1.63 bits per heavy atom. The number of halogens is 1. The van der Waals surface area contributed by atoms with E-state index in [2.05, 4.69) is 26.0 Å². The molecule has 1 aliphatic rings. The number of methoxy groups -OCH3 is 2. The number of rotatable bonds is 6. The summed E-state index contributed by atoms with van der Waals surface area (Å²) in [4.78, 5) is 37.0. The van der Waals surface area contributed by atoms with Crippen molar-refractivity contribution in [1.29, 1.82) is 0 Å². The number of carbonyl (C=O) groups is 3. The highest BCUT2D eigenvalue weighted by Gasteiger charge is 2.23. The highest BCUT2D eigenvalue weighted by molar-refractivity contribution is 9.10. The van der Waals surface area contributed by atoms with Crippen molar-refractivity contribution in [3.05, 3.63) is 63.8 Å². The van der Waals surface area contributed by atoms with E-state index in [9.17, 15) is 14.4 Å². The van der Waals surface area contributed by atoms with Gasteiger partial charge in [0, 0.05) is 21.7 Å². The summed E-state index contributed by atoms with van der Waals surface area (Å²) in [6.45, 7) is 0.690. The van der Waals surface area contributed by atoms with E-state index in [1.165, 1.54) is 26.4 Å². The maximum absolute atomic E-state index is 13.2. The van der Waals surface area contributed by atoms with Gasteiger partial charge in [0.15, 0.2) is 17.3 Å². The Hall–Kier alpha value is -3.33. The monoisotopic (exact) mass is 475 g/mol. The van der Waals surface area contributed by atoms with Crippen LogP contribution in [0.25, 0.3) is 0 Å². The Bertz CT molecular complexity index is 1010. The fraction of sp³-hybridized carbons (Fsp3) is 0.190. The Kier molecular flexibility index (Phi) is 6.73. The fourth-order valence-corrected chi connectivity index (χ4v) is 2.98. The molecule has 0 spiro atoms. The minimum absolute atomic E-state index is 0.203. The molecule has 0 amide bonds. The van der Waals surface area contributed by atoms with Gasteiger partial charge in [0.25, 0.3) is 0 Å². The van der Waals surface area contributed by atoms with Crippen LogP contribution in [0.5, 0.6) is 11.5 Å². The van der Waals surface area contributed by atoms with E-state index in [1.807, 2.05) is 0 Å². The third kappa shape index (κ3) is 4.80. The summed E-state index contributed by atoms with van der Waals surface area (Å²) in [5.41, 5.74) is 0.689. The molecule has 0 radical (unpaired) electrons. The number of hydrogen-bond acceptors (Lipinski definition) is 8. The quantitative estimate of drug-likeness (QED) is 0.386. The molecule has 2 aromatic rings. The molecule has 0 atom stereocenters. The number of esters is 2. The first-order valence-electron chi connectivity index (χ1n) is 8.82. The molecule has 2 aromatic carbocycles. The molecular formula is C21H18BrNO7. The van der Waals surface area contributed by atoms with E-state index in [0.29, 0.717) is 30.3 Å². The normalized spacial score (nSPS) is 12.7. The van der Waals surface area contributed by atoms with Crippen LogP contribution in [-0.2, 0) is 19.1 Å². The topological polar surface area (TPSA) is 100 Å². The molecule has 30 heavy (non-hydrogen) atoms. The summed E-state index contributed by atoms with van der Waals surface area (Å²) in [6, 6.07) is 9.89. The molecule has 156 valence electrons. The molecule has 1 N–H and O–H groups in total. The van der Waals surface area contributed by atoms with Crippen molar-refractivity contribution in [3.8, 4) is 11.5 Å². The number of benzene rings is 2. The molecule has 1 heterocycles. The highest BCUT2D eigenvalue weighted by atomic mass is 79.9. The van der Waals surface area contributed by atoms with Gasteiger partial charge in [0.1, 0.15) is 18.9 Å². The van der Waals surface area contributed by atoms with E-state index < -0.39 is 11.9 Å². The van der Waals surface area contributed by atoms with Crippen molar-refractivity contribution >= 4 is 39.3 Å². The molecular weight excluding hydrogens is 458 g/mol. The Morgan fingerprint density at radius 3 is 2.23 bits per heavy atom. The van der Waals surface area contributed by atoms with Crippen molar-refractivity contribution in [3.63, 3.8) is 0 Å². The van der Waals surface area contributed by atoms with Crippen LogP contribution in [0.3, 0.4) is 0 Å². The fourth-order valence-electron chi connectivity index (χ4n) is 2.71. The van der Waals surface area contributed by atoms with Gasteiger partial charge in [-0.2, -0.15) is 0 Å². The standard InChI is InChI=1S/C21H18BrNO7/c1-27-19(24)11-16(21(26)28-2)23-15-10-18-17(29-7-8-30-18)9-14(15)20(25)12-3-5-13(22)6-4-12/h3-6,9-11,23H,7-8H2,1-2H3/b16-11+. The van der Waals surface area contributed by atoms with Crippen molar-refractivity contribution in [2.45, 2.75) is 0 Å². The molecule has 0 unspecified atom stereocenters. The van der Waals surface area contributed by atoms with Gasteiger partial charge in [-0.3, -0.25) is 4.79 Å². The number of ether oxygens (including phenoxy) is 4. The van der Waals surface area contributed by atoms with Gasteiger partial charge in [-0.05, 0) is 30.3 Å². The maximum Gasteiger partial charge on any atom is 0.354 e. The lowest BCUT2D eigenvalue weighted by molar-refractivity contribution is -0.138. The van der Waals surface area contributed by atoms with Gasteiger partial charge in [-0.15, -0.1) is 0 Å². The second-order valence-corrected chi connectivity index (χ2v) is 6.99. The second-order valence-electron chi connectivity index (χ2n) is 6.08. The van der Waals surface area contributed by atoms with E-state index in [4.69, 9.17) is 14.2 Å². The number of nitrogens with one attached hydrogen (secondary N) is 1. The molecule has 0 saturated carbocycles. The average Bonchev–Trinajstić information content (AvgIpc) is 2.77. The molecule has 0 bridgehead atoms. The average molecular weight is 476 g/mol. The predicted molar refractivity (Wildman–Crippen MR) is 111 cm³/mol. The first-order valence-corrected chi connectivity index (χ1v) is 9.61. The maximum atomic E-state index is 13.2. The summed E-state index contributed by atoms with van der Waals surface area (Å²) in [5.74, 6) is -1.08. The molecule has 9 heteroatoms. The molecule has 0 aromatic heterocycles. The summed E-state index contributed by atoms with van der Waals surface area (Å²) < 4.78 is 21.3. The lowest BCUT2D eigenvalue weighted by atomic mass is 10.0. The number of carbonyl (C=O) groups excluding carboxylic acids is 3. The summed E-state index contributed by atoms with van der Waals surface area (Å²) in [6.07, 6.45) is 0.941. The van der Waals surface area contributed by atoms with E-state index in [1.54, 1.807) is 24.3 Å². The van der Waals surface area contributed by atoms with Gasteiger partial charge < -0.3 is 24.3 Å². The minimum Gasteiger partial charge on any atom is -0.486 e. The minimum atomic E-state index is -0.808. The first-order chi connectivity index (χ1) is 14.4. The van der Waals surface area contributed by atoms with Crippen LogP contribution in [0.4, 0.5) is 5.69 Å². The van der Waals surface area contributed by atoms with E-state index in [-0.39, 0.29) is 22.7 Å². The first kappa shape index (κ1) is 21.4. The van der Waals surface area contributed by atoms with E-state index >= 15 is 0 Å². The number of hydrogen-bond donors (Lipinski definition) is 1. The molecule has 3 rings (SSSR count). The summed E-state index contributed by atoms with van der Waals surface area (Å²) in [5, 5.41) is 2.80. The van der Waals surface area contributed by atoms with Crippen LogP contribution in [0.2, 0.25) is 0 Å². The molecule has 1 aliphatic heterocycles. The van der Waals surface area contributed by atoms with Gasteiger partial charge in [-0.1, -0.05) is 15.9 Å². The molecule has 0 aliphatic carbocycles. The van der Waals surface area contributed by atoms with Crippen LogP contribution in [-0.4, -0.2) is 45.2 Å².